The molecule has 1 aromatic rings. The lowest BCUT2D eigenvalue weighted by atomic mass is 10.0. The van der Waals surface area contributed by atoms with Gasteiger partial charge in [-0.15, -0.1) is 0 Å². The maximum absolute atomic E-state index is 12.3. The largest absolute Gasteiger partial charge is 0.444 e. The Labute approximate surface area is 153 Å². The number of nitrogens with two attached hydrogens (primary N) is 1. The second-order valence-corrected chi connectivity index (χ2v) is 7.21. The second-order valence-electron chi connectivity index (χ2n) is 7.21. The van der Waals surface area contributed by atoms with E-state index in [1.807, 2.05) is 0 Å². The summed E-state index contributed by atoms with van der Waals surface area (Å²) >= 11 is 0. The molecular weight excluding hydrogens is 336 g/mol. The number of hydrogen-bond acceptors (Lipinski definition) is 5. The Morgan fingerprint density at radius 3 is 2.12 bits per heavy atom. The predicted molar refractivity (Wildman–Crippen MR) is 97.9 cm³/mol. The molecule has 3 amide bonds. The average molecular weight is 364 g/mol. The molecule has 0 aliphatic rings. The first-order valence-electron chi connectivity index (χ1n) is 8.42. The van der Waals surface area contributed by atoms with E-state index in [1.54, 1.807) is 58.9 Å². The van der Waals surface area contributed by atoms with Crippen LogP contribution >= 0.6 is 0 Å². The van der Waals surface area contributed by atoms with Gasteiger partial charge in [-0.2, -0.15) is 0 Å². The molecule has 0 spiro atoms. The molecule has 1 atom stereocenters. The van der Waals surface area contributed by atoms with Gasteiger partial charge in [0.25, 0.3) is 11.8 Å². The molecule has 0 saturated heterocycles. The number of carbonyl (C=O) groups excluding carboxylic acids is 3. The predicted octanol–water partition coefficient (Wildman–Crippen LogP) is 1.46. The van der Waals surface area contributed by atoms with Gasteiger partial charge in [0, 0.05) is 12.1 Å². The number of ether oxygens (including phenoxy) is 1. The molecule has 0 aromatic heterocycles. The first-order valence-corrected chi connectivity index (χ1v) is 8.42. The molecule has 0 aliphatic heterocycles. The van der Waals surface area contributed by atoms with E-state index in [1.165, 1.54) is 0 Å². The molecule has 1 aromatic carbocycles. The number of alkyl carbamates (subject to hydrolysis) is 1. The van der Waals surface area contributed by atoms with Gasteiger partial charge in [0.1, 0.15) is 11.6 Å². The lowest BCUT2D eigenvalue weighted by Crippen LogP contribution is -2.55. The van der Waals surface area contributed by atoms with Gasteiger partial charge >= 0.3 is 6.09 Å². The van der Waals surface area contributed by atoms with E-state index in [0.717, 1.165) is 5.56 Å². The van der Waals surface area contributed by atoms with Crippen molar-refractivity contribution in [2.24, 2.45) is 11.7 Å². The molecule has 1 rings (SSSR count). The Morgan fingerprint density at radius 1 is 1.08 bits per heavy atom. The highest BCUT2D eigenvalue weighted by Gasteiger charge is 2.27. The van der Waals surface area contributed by atoms with Crippen LogP contribution in [0.2, 0.25) is 0 Å². The minimum Gasteiger partial charge on any atom is -0.444 e. The molecule has 0 saturated carbocycles. The van der Waals surface area contributed by atoms with Crippen molar-refractivity contribution in [1.29, 1.82) is 0 Å². The normalized spacial score (nSPS) is 12.3. The highest BCUT2D eigenvalue weighted by Crippen LogP contribution is 2.09. The first-order chi connectivity index (χ1) is 12.0. The maximum atomic E-state index is 12.3. The number of carbonyl (C=O) groups is 3. The van der Waals surface area contributed by atoms with E-state index in [0.29, 0.717) is 12.1 Å². The molecule has 0 fully saturated rings. The number of amides is 3. The number of rotatable bonds is 5. The zero-order chi connectivity index (χ0) is 19.9. The molecule has 144 valence electrons. The Bertz CT molecular complexity index is 636. The van der Waals surface area contributed by atoms with Crippen molar-refractivity contribution in [2.75, 3.05) is 0 Å². The van der Waals surface area contributed by atoms with Crippen LogP contribution in [0.1, 0.15) is 50.5 Å². The Morgan fingerprint density at radius 2 is 1.65 bits per heavy atom. The smallest absolute Gasteiger partial charge is 0.408 e. The highest BCUT2D eigenvalue weighted by atomic mass is 16.6. The van der Waals surface area contributed by atoms with Crippen LogP contribution in [-0.2, 0) is 16.1 Å². The number of nitrogens with one attached hydrogen (secondary N) is 3. The number of hydrazine groups is 1. The van der Waals surface area contributed by atoms with Crippen molar-refractivity contribution in [1.82, 2.24) is 16.2 Å². The summed E-state index contributed by atoms with van der Waals surface area (Å²) in [6.45, 7) is 9.11. The zero-order valence-corrected chi connectivity index (χ0v) is 15.9. The third kappa shape index (κ3) is 7.10. The van der Waals surface area contributed by atoms with Gasteiger partial charge < -0.3 is 15.8 Å². The van der Waals surface area contributed by atoms with Crippen molar-refractivity contribution in [3.8, 4) is 0 Å². The van der Waals surface area contributed by atoms with E-state index >= 15 is 0 Å². The number of benzene rings is 1. The topological polar surface area (TPSA) is 123 Å². The molecule has 0 aliphatic carbocycles. The summed E-state index contributed by atoms with van der Waals surface area (Å²) in [6.07, 6.45) is -0.699. The molecule has 26 heavy (non-hydrogen) atoms. The Balaban J connectivity index is 2.63. The van der Waals surface area contributed by atoms with Gasteiger partial charge in [-0.3, -0.25) is 20.4 Å². The Hall–Kier alpha value is -2.61. The maximum Gasteiger partial charge on any atom is 0.408 e. The standard InChI is InChI=1S/C18H28N4O4/c1-11(2)14(20-17(25)26-18(3,4)5)16(24)22-21-15(23)13-8-6-12(10-19)7-9-13/h6-9,11,14H,10,19H2,1-5H3,(H,20,25)(H,21,23)(H,22,24). The lowest BCUT2D eigenvalue weighted by Gasteiger charge is -2.25. The SMILES string of the molecule is CC(C)C(NC(=O)OC(C)(C)C)C(=O)NNC(=O)c1ccc(CN)cc1. The third-order valence-corrected chi connectivity index (χ3v) is 3.37. The van der Waals surface area contributed by atoms with Crippen LogP contribution in [0.3, 0.4) is 0 Å². The van der Waals surface area contributed by atoms with Gasteiger partial charge in [0.05, 0.1) is 0 Å². The summed E-state index contributed by atoms with van der Waals surface area (Å²) in [5.41, 5.74) is 10.8. The number of hydrogen-bond donors (Lipinski definition) is 4. The molecule has 0 bridgehead atoms. The lowest BCUT2D eigenvalue weighted by molar-refractivity contribution is -0.125. The fraction of sp³-hybridized carbons (Fsp3) is 0.500. The van der Waals surface area contributed by atoms with Gasteiger partial charge in [-0.25, -0.2) is 4.79 Å². The molecule has 8 heteroatoms. The third-order valence-electron chi connectivity index (χ3n) is 3.37. The van der Waals surface area contributed by atoms with Crippen molar-refractivity contribution in [2.45, 2.75) is 52.8 Å². The van der Waals surface area contributed by atoms with E-state index in [9.17, 15) is 14.4 Å². The van der Waals surface area contributed by atoms with Gasteiger partial charge in [0.15, 0.2) is 0 Å². The fourth-order valence-electron chi connectivity index (χ4n) is 2.03. The quantitative estimate of drug-likeness (QED) is 0.589. The van der Waals surface area contributed by atoms with Crippen LogP contribution in [0, 0.1) is 5.92 Å². The molecule has 5 N–H and O–H groups in total. The van der Waals surface area contributed by atoms with Gasteiger partial charge in [0.2, 0.25) is 0 Å². The molecular formula is C18H28N4O4. The summed E-state index contributed by atoms with van der Waals surface area (Å²) in [7, 11) is 0. The fourth-order valence-corrected chi connectivity index (χ4v) is 2.03. The van der Waals surface area contributed by atoms with Crippen molar-refractivity contribution in [3.63, 3.8) is 0 Å². The van der Waals surface area contributed by atoms with Crippen LogP contribution in [0.4, 0.5) is 4.79 Å². The van der Waals surface area contributed by atoms with Gasteiger partial charge in [-0.1, -0.05) is 26.0 Å². The van der Waals surface area contributed by atoms with E-state index in [2.05, 4.69) is 16.2 Å². The summed E-state index contributed by atoms with van der Waals surface area (Å²) in [6, 6.07) is 5.84. The minimum absolute atomic E-state index is 0.205. The second kappa shape index (κ2) is 9.19. The van der Waals surface area contributed by atoms with Crippen molar-refractivity contribution < 1.29 is 19.1 Å². The van der Waals surface area contributed by atoms with Gasteiger partial charge in [-0.05, 0) is 44.4 Å². The van der Waals surface area contributed by atoms with Crippen molar-refractivity contribution >= 4 is 17.9 Å². The molecule has 1 unspecified atom stereocenters. The Kier molecular flexibility index (Phi) is 7.57. The van der Waals surface area contributed by atoms with E-state index in [4.69, 9.17) is 10.5 Å². The molecule has 0 heterocycles. The van der Waals surface area contributed by atoms with Crippen LogP contribution < -0.4 is 21.9 Å². The summed E-state index contributed by atoms with van der Waals surface area (Å²) in [4.78, 5) is 36.3. The van der Waals surface area contributed by atoms with Crippen LogP contribution in [0.15, 0.2) is 24.3 Å². The summed E-state index contributed by atoms with van der Waals surface area (Å²) in [5.74, 6) is -1.22. The van der Waals surface area contributed by atoms with E-state index in [-0.39, 0.29) is 5.92 Å². The average Bonchev–Trinajstić information content (AvgIpc) is 2.55. The highest BCUT2D eigenvalue weighted by molar-refractivity contribution is 5.96. The summed E-state index contributed by atoms with van der Waals surface area (Å²) in [5, 5.41) is 2.51. The van der Waals surface area contributed by atoms with Crippen molar-refractivity contribution in [3.05, 3.63) is 35.4 Å². The minimum atomic E-state index is -0.857. The first kappa shape index (κ1) is 21.4. The zero-order valence-electron chi connectivity index (χ0n) is 15.9. The molecule has 8 nitrogen and oxygen atoms in total. The van der Waals surface area contributed by atoms with Crippen LogP contribution in [-0.4, -0.2) is 29.6 Å². The van der Waals surface area contributed by atoms with Crippen LogP contribution in [0.25, 0.3) is 0 Å². The van der Waals surface area contributed by atoms with E-state index < -0.39 is 29.6 Å². The summed E-state index contributed by atoms with van der Waals surface area (Å²) < 4.78 is 5.16. The monoisotopic (exact) mass is 364 g/mol. The van der Waals surface area contributed by atoms with Crippen LogP contribution in [0.5, 0.6) is 0 Å². The molecule has 0 radical (unpaired) electrons.